The number of halogens is 3. The number of carbonyl (C=O) groups excluding carboxylic acids is 2. The van der Waals surface area contributed by atoms with Crippen molar-refractivity contribution in [1.29, 1.82) is 0 Å². The number of hydrogen-bond donors (Lipinski definition) is 1. The van der Waals surface area contributed by atoms with E-state index >= 15 is 0 Å². The van der Waals surface area contributed by atoms with Crippen LogP contribution in [0.15, 0.2) is 78.4 Å². The molecule has 0 unspecified atom stereocenters. The van der Waals surface area contributed by atoms with Crippen molar-refractivity contribution in [3.8, 4) is 0 Å². The minimum absolute atomic E-state index is 0.0598. The van der Waals surface area contributed by atoms with E-state index < -0.39 is 17.7 Å². The SMILES string of the molecule is O=C1C(=O)N(c2cccc(Cl)c2)[C@H](c2ccc(Cl)cc2Cl)/C1=C(\O)c1ccccc1. The van der Waals surface area contributed by atoms with E-state index in [0.29, 0.717) is 26.9 Å². The van der Waals surface area contributed by atoms with Gasteiger partial charge in [0.1, 0.15) is 5.76 Å². The van der Waals surface area contributed by atoms with Gasteiger partial charge in [-0.05, 0) is 35.9 Å². The van der Waals surface area contributed by atoms with Gasteiger partial charge in [0.05, 0.1) is 11.6 Å². The third-order valence-electron chi connectivity index (χ3n) is 4.84. The summed E-state index contributed by atoms with van der Waals surface area (Å²) in [6.45, 7) is 0. The van der Waals surface area contributed by atoms with Gasteiger partial charge in [-0.15, -0.1) is 0 Å². The first-order valence-electron chi connectivity index (χ1n) is 8.95. The van der Waals surface area contributed by atoms with E-state index in [0.717, 1.165) is 0 Å². The molecule has 150 valence electrons. The number of nitrogens with zero attached hydrogens (tertiary/aromatic N) is 1. The fraction of sp³-hybridized carbons (Fsp3) is 0.0435. The van der Waals surface area contributed by atoms with E-state index in [2.05, 4.69) is 0 Å². The maximum absolute atomic E-state index is 13.0. The molecule has 0 aromatic heterocycles. The fourth-order valence-electron chi connectivity index (χ4n) is 3.49. The largest absolute Gasteiger partial charge is 0.507 e. The smallest absolute Gasteiger partial charge is 0.300 e. The highest BCUT2D eigenvalue weighted by molar-refractivity contribution is 6.52. The van der Waals surface area contributed by atoms with Crippen LogP contribution in [0.3, 0.4) is 0 Å². The van der Waals surface area contributed by atoms with Crippen LogP contribution >= 0.6 is 34.8 Å². The number of ketones is 1. The van der Waals surface area contributed by atoms with E-state index in [9.17, 15) is 14.7 Å². The summed E-state index contributed by atoms with van der Waals surface area (Å²) >= 11 is 18.6. The summed E-state index contributed by atoms with van der Waals surface area (Å²) in [7, 11) is 0. The monoisotopic (exact) mass is 457 g/mol. The van der Waals surface area contributed by atoms with Crippen molar-refractivity contribution in [3.05, 3.63) is 105 Å². The van der Waals surface area contributed by atoms with Crippen LogP contribution in [0, 0.1) is 0 Å². The highest BCUT2D eigenvalue weighted by Crippen LogP contribution is 2.44. The lowest BCUT2D eigenvalue weighted by atomic mass is 9.95. The molecule has 1 aliphatic heterocycles. The van der Waals surface area contributed by atoms with Crippen molar-refractivity contribution in [2.75, 3.05) is 4.90 Å². The number of aliphatic hydroxyl groups is 1. The van der Waals surface area contributed by atoms with Crippen LogP contribution in [0.5, 0.6) is 0 Å². The number of Topliss-reactive ketones (excluding diaryl/α,β-unsaturated/α-hetero) is 1. The second-order valence-corrected chi connectivity index (χ2v) is 7.96. The van der Waals surface area contributed by atoms with Crippen LogP contribution in [-0.2, 0) is 9.59 Å². The number of carbonyl (C=O) groups is 2. The number of rotatable bonds is 3. The normalized spacial score (nSPS) is 18.1. The summed E-state index contributed by atoms with van der Waals surface area (Å²) in [5.41, 5.74) is 1.22. The van der Waals surface area contributed by atoms with E-state index in [1.807, 2.05) is 0 Å². The van der Waals surface area contributed by atoms with Crippen molar-refractivity contribution < 1.29 is 14.7 Å². The molecule has 0 spiro atoms. The molecule has 1 saturated heterocycles. The number of anilines is 1. The van der Waals surface area contributed by atoms with Crippen molar-refractivity contribution >= 4 is 57.9 Å². The standard InChI is InChI=1S/C23H14Cl3NO3/c24-14-7-4-8-16(11-14)27-20(17-10-9-15(25)12-18(17)26)19(22(29)23(27)30)21(28)13-5-2-1-3-6-13/h1-12,20,28H/b21-19+/t20-/m1/s1. The number of hydrogen-bond acceptors (Lipinski definition) is 3. The number of aliphatic hydroxyl groups excluding tert-OH is 1. The Morgan fingerprint density at radius 2 is 1.53 bits per heavy atom. The Bertz CT molecular complexity index is 1190. The van der Waals surface area contributed by atoms with Gasteiger partial charge >= 0.3 is 0 Å². The molecule has 1 aliphatic rings. The third kappa shape index (κ3) is 3.58. The Hall–Kier alpha value is -2.79. The lowest BCUT2D eigenvalue weighted by Crippen LogP contribution is -2.29. The van der Waals surface area contributed by atoms with Crippen molar-refractivity contribution in [3.63, 3.8) is 0 Å². The van der Waals surface area contributed by atoms with E-state index in [1.165, 1.54) is 11.0 Å². The average molecular weight is 459 g/mol. The summed E-state index contributed by atoms with van der Waals surface area (Å²) in [6.07, 6.45) is 0. The Kier molecular flexibility index (Phi) is 5.56. The maximum atomic E-state index is 13.0. The molecule has 7 heteroatoms. The summed E-state index contributed by atoms with van der Waals surface area (Å²) < 4.78 is 0. The van der Waals surface area contributed by atoms with Crippen LogP contribution in [0.4, 0.5) is 5.69 Å². The molecule has 1 atom stereocenters. The van der Waals surface area contributed by atoms with Gasteiger partial charge in [0.15, 0.2) is 0 Å². The Labute approximate surface area is 187 Å². The second-order valence-electron chi connectivity index (χ2n) is 6.68. The minimum Gasteiger partial charge on any atom is -0.507 e. The van der Waals surface area contributed by atoms with Gasteiger partial charge in [-0.25, -0.2) is 0 Å². The predicted octanol–water partition coefficient (Wildman–Crippen LogP) is 6.27. The molecule has 0 radical (unpaired) electrons. The van der Waals surface area contributed by atoms with Gasteiger partial charge in [-0.2, -0.15) is 0 Å². The second kappa shape index (κ2) is 8.15. The Balaban J connectivity index is 1.99. The molecule has 4 rings (SSSR count). The quantitative estimate of drug-likeness (QED) is 0.286. The summed E-state index contributed by atoms with van der Waals surface area (Å²) in [5.74, 6) is -1.88. The van der Waals surface area contributed by atoms with E-state index in [1.54, 1.807) is 66.7 Å². The molecule has 1 fully saturated rings. The van der Waals surface area contributed by atoms with Gasteiger partial charge in [-0.1, -0.05) is 77.3 Å². The molecular formula is C23H14Cl3NO3. The lowest BCUT2D eigenvalue weighted by Gasteiger charge is -2.26. The molecule has 3 aromatic rings. The van der Waals surface area contributed by atoms with Crippen LogP contribution in [-0.4, -0.2) is 16.8 Å². The molecule has 0 aliphatic carbocycles. The third-order valence-corrected chi connectivity index (χ3v) is 5.63. The number of amides is 1. The van der Waals surface area contributed by atoms with Crippen LogP contribution in [0.2, 0.25) is 15.1 Å². The summed E-state index contributed by atoms with van der Waals surface area (Å²) in [4.78, 5) is 27.4. The molecule has 3 aromatic carbocycles. The lowest BCUT2D eigenvalue weighted by molar-refractivity contribution is -0.132. The first-order valence-corrected chi connectivity index (χ1v) is 10.1. The highest BCUT2D eigenvalue weighted by Gasteiger charge is 2.47. The minimum atomic E-state index is -0.951. The van der Waals surface area contributed by atoms with Gasteiger partial charge in [-0.3, -0.25) is 14.5 Å². The molecule has 4 nitrogen and oxygen atoms in total. The van der Waals surface area contributed by atoms with Crippen molar-refractivity contribution in [1.82, 2.24) is 0 Å². The molecule has 1 heterocycles. The molecule has 0 saturated carbocycles. The zero-order valence-electron chi connectivity index (χ0n) is 15.4. The Morgan fingerprint density at radius 1 is 0.833 bits per heavy atom. The van der Waals surface area contributed by atoms with E-state index in [-0.39, 0.29) is 16.4 Å². The summed E-state index contributed by atoms with van der Waals surface area (Å²) in [6, 6.07) is 19.0. The zero-order valence-corrected chi connectivity index (χ0v) is 17.6. The van der Waals surface area contributed by atoms with Gasteiger partial charge in [0.25, 0.3) is 11.7 Å². The van der Waals surface area contributed by atoms with Gasteiger partial charge < -0.3 is 5.11 Å². The van der Waals surface area contributed by atoms with E-state index in [4.69, 9.17) is 34.8 Å². The van der Waals surface area contributed by atoms with Crippen molar-refractivity contribution in [2.45, 2.75) is 6.04 Å². The maximum Gasteiger partial charge on any atom is 0.300 e. The Morgan fingerprint density at radius 3 is 2.20 bits per heavy atom. The van der Waals surface area contributed by atoms with Crippen LogP contribution < -0.4 is 4.90 Å². The molecule has 1 N–H and O–H groups in total. The summed E-state index contributed by atoms with van der Waals surface area (Å²) in [5, 5.41) is 12.1. The van der Waals surface area contributed by atoms with Crippen molar-refractivity contribution in [2.24, 2.45) is 0 Å². The van der Waals surface area contributed by atoms with Gasteiger partial charge in [0, 0.05) is 26.3 Å². The fourth-order valence-corrected chi connectivity index (χ4v) is 4.19. The predicted molar refractivity (Wildman–Crippen MR) is 119 cm³/mol. The highest BCUT2D eigenvalue weighted by atomic mass is 35.5. The van der Waals surface area contributed by atoms with Gasteiger partial charge in [0.2, 0.25) is 0 Å². The topological polar surface area (TPSA) is 57.6 Å². The molecule has 1 amide bonds. The molecule has 30 heavy (non-hydrogen) atoms. The first kappa shape index (κ1) is 20.5. The van der Waals surface area contributed by atoms with Crippen LogP contribution in [0.1, 0.15) is 17.2 Å². The van der Waals surface area contributed by atoms with Crippen LogP contribution in [0.25, 0.3) is 5.76 Å². The molecule has 0 bridgehead atoms. The first-order chi connectivity index (χ1) is 14.4. The molecular weight excluding hydrogens is 445 g/mol. The number of benzene rings is 3. The zero-order chi connectivity index (χ0) is 21.4. The average Bonchev–Trinajstić information content (AvgIpc) is 2.99.